The molecule has 0 aliphatic heterocycles. The van der Waals surface area contributed by atoms with Crippen LogP contribution in [-0.4, -0.2) is 26.0 Å². The van der Waals surface area contributed by atoms with E-state index in [0.717, 1.165) is 24.3 Å². The summed E-state index contributed by atoms with van der Waals surface area (Å²) in [6, 6.07) is 14.4. The molecule has 0 bridgehead atoms. The van der Waals surface area contributed by atoms with E-state index in [1.807, 2.05) is 0 Å². The van der Waals surface area contributed by atoms with E-state index in [1.54, 1.807) is 12.1 Å². The third-order valence-corrected chi connectivity index (χ3v) is 4.46. The van der Waals surface area contributed by atoms with Crippen molar-refractivity contribution in [2.75, 3.05) is 0 Å². The van der Waals surface area contributed by atoms with Crippen molar-refractivity contribution in [1.82, 2.24) is 15.0 Å². The van der Waals surface area contributed by atoms with Gasteiger partial charge in [-0.15, -0.1) is 29.8 Å². The Kier molecular flexibility index (Phi) is 9.43. The molecule has 36 heavy (non-hydrogen) atoms. The van der Waals surface area contributed by atoms with Crippen molar-refractivity contribution < 1.29 is 56.3 Å². The third-order valence-electron chi connectivity index (χ3n) is 4.46. The van der Waals surface area contributed by atoms with Gasteiger partial charge in [-0.25, -0.2) is 9.78 Å². The van der Waals surface area contributed by atoms with Gasteiger partial charge in [0.05, 0.1) is 11.3 Å². The molecule has 0 saturated carbocycles. The Balaban J connectivity index is 0.000000386. The fourth-order valence-corrected chi connectivity index (χ4v) is 2.80. The van der Waals surface area contributed by atoms with Crippen molar-refractivity contribution in [2.24, 2.45) is 0 Å². The van der Waals surface area contributed by atoms with Gasteiger partial charge >= 0.3 is 18.3 Å². The minimum Gasteiger partial charge on any atom is -0.477 e. The molecule has 0 amide bonds. The molecule has 0 spiro atoms. The molecule has 12 heteroatoms. The monoisotopic (exact) mass is 683 g/mol. The molecule has 0 saturated heterocycles. The Labute approximate surface area is 214 Å². The number of aromatic carboxylic acids is 1. The second-order valence-electron chi connectivity index (χ2n) is 6.84. The fraction of sp³-hybridized carbons (Fsp3) is 0.0833. The number of carboxylic acid groups (broad SMARTS) is 1. The molecule has 0 fully saturated rings. The SMILES string of the molecule is FC(F)(F)c1c[c-]c(-c2nccnc2-c2ccc(C(F)(F)F)cc2)cc1.O=C(O)c1ccccn1.[Ir]. The first kappa shape index (κ1) is 28.6. The van der Waals surface area contributed by atoms with Gasteiger partial charge in [0.15, 0.2) is 0 Å². The van der Waals surface area contributed by atoms with Gasteiger partial charge < -0.3 is 10.1 Å². The first-order valence-electron chi connectivity index (χ1n) is 9.69. The molecule has 0 aliphatic rings. The second kappa shape index (κ2) is 11.9. The van der Waals surface area contributed by atoms with Crippen LogP contribution < -0.4 is 0 Å². The summed E-state index contributed by atoms with van der Waals surface area (Å²) in [5.74, 6) is -0.990. The van der Waals surface area contributed by atoms with Gasteiger partial charge in [0.25, 0.3) is 0 Å². The molecule has 1 N–H and O–H groups in total. The van der Waals surface area contributed by atoms with Crippen molar-refractivity contribution in [3.05, 3.63) is 102 Å². The normalized spacial score (nSPS) is 11.1. The van der Waals surface area contributed by atoms with Crippen LogP contribution in [0.15, 0.2) is 79.3 Å². The zero-order valence-electron chi connectivity index (χ0n) is 17.8. The van der Waals surface area contributed by atoms with E-state index >= 15 is 0 Å². The summed E-state index contributed by atoms with van der Waals surface area (Å²) in [5.41, 5.74) is -0.514. The van der Waals surface area contributed by atoms with Crippen LogP contribution >= 0.6 is 0 Å². The number of carbonyl (C=O) groups is 1. The zero-order valence-corrected chi connectivity index (χ0v) is 20.2. The first-order chi connectivity index (χ1) is 16.5. The largest absolute Gasteiger partial charge is 0.477 e. The van der Waals surface area contributed by atoms with Crippen molar-refractivity contribution >= 4 is 5.97 Å². The summed E-state index contributed by atoms with van der Waals surface area (Å²) in [6.45, 7) is 0. The van der Waals surface area contributed by atoms with Crippen LogP contribution in [0.2, 0.25) is 0 Å². The van der Waals surface area contributed by atoms with Crippen LogP contribution in [0.5, 0.6) is 0 Å². The van der Waals surface area contributed by atoms with E-state index in [4.69, 9.17) is 5.11 Å². The molecule has 5 nitrogen and oxygen atoms in total. The number of alkyl halides is 6. The number of hydrogen-bond donors (Lipinski definition) is 1. The van der Waals surface area contributed by atoms with E-state index in [1.165, 1.54) is 42.9 Å². The number of nitrogens with zero attached hydrogens (tertiary/aromatic N) is 3. The van der Waals surface area contributed by atoms with Crippen molar-refractivity contribution in [2.45, 2.75) is 12.4 Å². The molecule has 0 aliphatic carbocycles. The standard InChI is InChI=1S/C18H9F6N2.C6H5NO2.Ir/c19-17(20,21)13-5-1-11(2-6-13)15-16(26-10-9-25-15)12-3-7-14(8-4-12)18(22,23)24;8-6(9)5-3-1-2-4-7-5;/h1-3,5-10H;1-4H,(H,8,9);/q-1;;. The Morgan fingerprint density at radius 2 is 1.31 bits per heavy atom. The van der Waals surface area contributed by atoms with Gasteiger partial charge in [-0.2, -0.15) is 26.3 Å². The summed E-state index contributed by atoms with van der Waals surface area (Å²) in [6.07, 6.45) is -4.82. The molecule has 2 heterocycles. The van der Waals surface area contributed by atoms with Crippen molar-refractivity contribution in [3.8, 4) is 22.5 Å². The predicted octanol–water partition coefficient (Wildman–Crippen LogP) is 6.43. The summed E-state index contributed by atoms with van der Waals surface area (Å²) in [7, 11) is 0. The van der Waals surface area contributed by atoms with Gasteiger partial charge in [0.2, 0.25) is 0 Å². The Bertz CT molecular complexity index is 1200. The van der Waals surface area contributed by atoms with Crippen LogP contribution in [0.4, 0.5) is 26.3 Å². The maximum Gasteiger partial charge on any atom is 0.416 e. The third kappa shape index (κ3) is 7.43. The molecule has 0 atom stereocenters. The van der Waals surface area contributed by atoms with Gasteiger partial charge in [0.1, 0.15) is 5.69 Å². The summed E-state index contributed by atoms with van der Waals surface area (Å²) < 4.78 is 76.0. The molecule has 2 aromatic carbocycles. The smallest absolute Gasteiger partial charge is 0.416 e. The number of rotatable bonds is 3. The zero-order chi connectivity index (χ0) is 25.6. The number of carboxylic acids is 1. The fourth-order valence-electron chi connectivity index (χ4n) is 2.80. The summed E-state index contributed by atoms with van der Waals surface area (Å²) >= 11 is 0. The van der Waals surface area contributed by atoms with Gasteiger partial charge in [-0.3, -0.25) is 4.98 Å². The molecule has 189 valence electrons. The Morgan fingerprint density at radius 1 is 0.722 bits per heavy atom. The maximum absolute atomic E-state index is 12.7. The minimum atomic E-state index is -4.49. The molecule has 4 rings (SSSR count). The number of aromatic nitrogens is 3. The quantitative estimate of drug-likeness (QED) is 0.199. The minimum absolute atomic E-state index is 0. The summed E-state index contributed by atoms with van der Waals surface area (Å²) in [5, 5.41) is 8.32. The van der Waals surface area contributed by atoms with E-state index in [9.17, 15) is 31.1 Å². The maximum atomic E-state index is 12.7. The van der Waals surface area contributed by atoms with E-state index in [0.29, 0.717) is 5.56 Å². The molecular formula is C24H14F6IrN3O2-. The van der Waals surface area contributed by atoms with Crippen molar-refractivity contribution in [3.63, 3.8) is 0 Å². The summed E-state index contributed by atoms with van der Waals surface area (Å²) in [4.78, 5) is 21.9. The molecule has 1 radical (unpaired) electrons. The predicted molar refractivity (Wildman–Crippen MR) is 113 cm³/mol. The van der Waals surface area contributed by atoms with Crippen LogP contribution in [0.3, 0.4) is 0 Å². The van der Waals surface area contributed by atoms with Crippen molar-refractivity contribution in [1.29, 1.82) is 0 Å². The Morgan fingerprint density at radius 3 is 1.75 bits per heavy atom. The average Bonchev–Trinajstić information content (AvgIpc) is 2.84. The molecule has 2 aromatic heterocycles. The van der Waals surface area contributed by atoms with Crippen LogP contribution in [0.25, 0.3) is 22.5 Å². The van der Waals surface area contributed by atoms with E-state index in [2.05, 4.69) is 21.0 Å². The van der Waals surface area contributed by atoms with E-state index < -0.39 is 29.4 Å². The number of halogens is 6. The first-order valence-corrected chi connectivity index (χ1v) is 9.69. The number of pyridine rings is 1. The molecule has 0 unspecified atom stereocenters. The van der Waals surface area contributed by atoms with Gasteiger partial charge in [-0.1, -0.05) is 18.2 Å². The number of hydrogen-bond acceptors (Lipinski definition) is 4. The molecular weight excluding hydrogens is 668 g/mol. The van der Waals surface area contributed by atoms with Crippen LogP contribution in [0, 0.1) is 6.07 Å². The topological polar surface area (TPSA) is 76.0 Å². The average molecular weight is 683 g/mol. The van der Waals surface area contributed by atoms with Crippen LogP contribution in [0.1, 0.15) is 21.6 Å². The number of benzene rings is 2. The second-order valence-corrected chi connectivity index (χ2v) is 6.84. The van der Waals surface area contributed by atoms with Gasteiger partial charge in [-0.05, 0) is 35.4 Å². The van der Waals surface area contributed by atoms with E-state index in [-0.39, 0.29) is 42.8 Å². The van der Waals surface area contributed by atoms with Gasteiger partial charge in [0, 0.05) is 44.4 Å². The van der Waals surface area contributed by atoms with Crippen LogP contribution in [-0.2, 0) is 32.5 Å². The molecule has 4 aromatic rings. The Hall–Kier alpha value is -3.63.